The molecule has 0 saturated carbocycles. The van der Waals surface area contributed by atoms with Gasteiger partial charge in [0.05, 0.1) is 11.7 Å². The van der Waals surface area contributed by atoms with Gasteiger partial charge in [-0.2, -0.15) is 5.10 Å². The Bertz CT molecular complexity index is 285. The second-order valence-corrected chi connectivity index (χ2v) is 4.18. The standard InChI is InChI=1S/C11H19N3.C2H6/c1-3-10-4-9-14(12-10)11-5-7-13(2)8-6-11;1-2/h4,9,11H,3,5-8H2,1-2H3;1-2H3. The third kappa shape index (κ3) is 3.34. The molecule has 2 heterocycles. The lowest BCUT2D eigenvalue weighted by Gasteiger charge is -2.29. The number of rotatable bonds is 2. The van der Waals surface area contributed by atoms with Crippen LogP contribution in [0.1, 0.15) is 45.3 Å². The molecule has 0 atom stereocenters. The van der Waals surface area contributed by atoms with E-state index in [1.165, 1.54) is 31.6 Å². The van der Waals surface area contributed by atoms with Gasteiger partial charge < -0.3 is 4.90 Å². The van der Waals surface area contributed by atoms with E-state index >= 15 is 0 Å². The monoisotopic (exact) mass is 223 g/mol. The summed E-state index contributed by atoms with van der Waals surface area (Å²) in [6.45, 7) is 8.55. The van der Waals surface area contributed by atoms with Gasteiger partial charge in [0.1, 0.15) is 0 Å². The molecule has 0 radical (unpaired) electrons. The first kappa shape index (κ1) is 13.2. The summed E-state index contributed by atoms with van der Waals surface area (Å²) in [6.07, 6.45) is 5.65. The van der Waals surface area contributed by atoms with Crippen molar-refractivity contribution in [3.05, 3.63) is 18.0 Å². The highest BCUT2D eigenvalue weighted by molar-refractivity contribution is 4.99. The molecule has 1 saturated heterocycles. The van der Waals surface area contributed by atoms with E-state index in [9.17, 15) is 0 Å². The van der Waals surface area contributed by atoms with Gasteiger partial charge in [0, 0.05) is 6.20 Å². The SMILES string of the molecule is CC.CCc1ccn(C2CCN(C)CC2)n1. The summed E-state index contributed by atoms with van der Waals surface area (Å²) in [5.41, 5.74) is 1.21. The fourth-order valence-electron chi connectivity index (χ4n) is 2.03. The largest absolute Gasteiger partial charge is 0.306 e. The van der Waals surface area contributed by atoms with Gasteiger partial charge >= 0.3 is 0 Å². The zero-order chi connectivity index (χ0) is 12.0. The summed E-state index contributed by atoms with van der Waals surface area (Å²) < 4.78 is 2.16. The molecule has 92 valence electrons. The first-order valence-electron chi connectivity index (χ1n) is 6.52. The quantitative estimate of drug-likeness (QED) is 0.768. The zero-order valence-corrected chi connectivity index (χ0v) is 11.1. The maximum Gasteiger partial charge on any atom is 0.0621 e. The number of hydrogen-bond acceptors (Lipinski definition) is 2. The van der Waals surface area contributed by atoms with Crippen LogP contribution in [0.15, 0.2) is 12.3 Å². The van der Waals surface area contributed by atoms with Crippen LogP contribution in [0.4, 0.5) is 0 Å². The van der Waals surface area contributed by atoms with E-state index in [1.807, 2.05) is 13.8 Å². The van der Waals surface area contributed by atoms with Gasteiger partial charge in [-0.05, 0) is 45.5 Å². The Balaban J connectivity index is 0.000000606. The molecule has 1 aromatic heterocycles. The first-order valence-corrected chi connectivity index (χ1v) is 6.52. The van der Waals surface area contributed by atoms with E-state index in [4.69, 9.17) is 0 Å². The molecule has 16 heavy (non-hydrogen) atoms. The third-order valence-electron chi connectivity index (χ3n) is 3.09. The van der Waals surface area contributed by atoms with Crippen LogP contribution in [0.25, 0.3) is 0 Å². The minimum atomic E-state index is 0.631. The Kier molecular flexibility index (Phi) is 5.53. The molecule has 1 aliphatic heterocycles. The van der Waals surface area contributed by atoms with Crippen molar-refractivity contribution < 1.29 is 0 Å². The smallest absolute Gasteiger partial charge is 0.0621 e. The molecule has 0 bridgehead atoms. The predicted octanol–water partition coefficient (Wildman–Crippen LogP) is 2.74. The molecule has 0 aromatic carbocycles. The first-order chi connectivity index (χ1) is 7.79. The van der Waals surface area contributed by atoms with Crippen LogP contribution in [-0.4, -0.2) is 34.8 Å². The Morgan fingerprint density at radius 2 is 1.94 bits per heavy atom. The fourth-order valence-corrected chi connectivity index (χ4v) is 2.03. The Morgan fingerprint density at radius 3 is 2.44 bits per heavy atom. The summed E-state index contributed by atoms with van der Waals surface area (Å²) in [4.78, 5) is 2.39. The molecule has 0 unspecified atom stereocenters. The molecule has 3 nitrogen and oxygen atoms in total. The molecule has 2 rings (SSSR count). The second-order valence-electron chi connectivity index (χ2n) is 4.18. The van der Waals surface area contributed by atoms with Crippen LogP contribution >= 0.6 is 0 Å². The van der Waals surface area contributed by atoms with E-state index in [1.54, 1.807) is 0 Å². The van der Waals surface area contributed by atoms with Crippen LogP contribution < -0.4 is 0 Å². The number of nitrogens with zero attached hydrogens (tertiary/aromatic N) is 3. The van der Waals surface area contributed by atoms with Gasteiger partial charge in [0.15, 0.2) is 0 Å². The van der Waals surface area contributed by atoms with Crippen LogP contribution in [0, 0.1) is 0 Å². The molecule has 0 amide bonds. The average Bonchev–Trinajstić information content (AvgIpc) is 2.81. The summed E-state index contributed by atoms with van der Waals surface area (Å²) in [5.74, 6) is 0. The maximum absolute atomic E-state index is 4.58. The van der Waals surface area contributed by atoms with Gasteiger partial charge in [-0.15, -0.1) is 0 Å². The van der Waals surface area contributed by atoms with Crippen molar-refractivity contribution in [2.24, 2.45) is 0 Å². The van der Waals surface area contributed by atoms with Gasteiger partial charge in [-0.1, -0.05) is 20.8 Å². The fraction of sp³-hybridized carbons (Fsp3) is 0.769. The van der Waals surface area contributed by atoms with Crippen molar-refractivity contribution >= 4 is 0 Å². The molecule has 1 aromatic rings. The van der Waals surface area contributed by atoms with Crippen molar-refractivity contribution in [1.29, 1.82) is 0 Å². The van der Waals surface area contributed by atoms with Crippen LogP contribution in [0.3, 0.4) is 0 Å². The summed E-state index contributed by atoms with van der Waals surface area (Å²) in [5, 5.41) is 4.58. The number of likely N-dealkylation sites (tertiary alicyclic amines) is 1. The molecule has 1 aliphatic rings. The van der Waals surface area contributed by atoms with Gasteiger partial charge in [-0.3, -0.25) is 4.68 Å². The predicted molar refractivity (Wildman–Crippen MR) is 68.7 cm³/mol. The molecule has 0 spiro atoms. The number of hydrogen-bond donors (Lipinski definition) is 0. The van der Waals surface area contributed by atoms with Crippen molar-refractivity contribution in [3.8, 4) is 0 Å². The Morgan fingerprint density at radius 1 is 1.31 bits per heavy atom. The van der Waals surface area contributed by atoms with Crippen molar-refractivity contribution in [3.63, 3.8) is 0 Å². The molecule has 1 fully saturated rings. The molecule has 0 N–H and O–H groups in total. The Hall–Kier alpha value is -0.830. The maximum atomic E-state index is 4.58. The van der Waals surface area contributed by atoms with Gasteiger partial charge in [-0.25, -0.2) is 0 Å². The lowest BCUT2D eigenvalue weighted by molar-refractivity contribution is 0.212. The highest BCUT2D eigenvalue weighted by Gasteiger charge is 2.18. The minimum absolute atomic E-state index is 0.631. The van der Waals surface area contributed by atoms with Crippen LogP contribution in [0.2, 0.25) is 0 Å². The topological polar surface area (TPSA) is 21.1 Å². The third-order valence-corrected chi connectivity index (χ3v) is 3.09. The second kappa shape index (κ2) is 6.69. The lowest BCUT2D eigenvalue weighted by atomic mass is 10.1. The number of aryl methyl sites for hydroxylation is 1. The van der Waals surface area contributed by atoms with E-state index in [0.29, 0.717) is 6.04 Å². The highest BCUT2D eigenvalue weighted by atomic mass is 15.3. The van der Waals surface area contributed by atoms with E-state index < -0.39 is 0 Å². The van der Waals surface area contributed by atoms with E-state index in [-0.39, 0.29) is 0 Å². The zero-order valence-electron chi connectivity index (χ0n) is 11.1. The summed E-state index contributed by atoms with van der Waals surface area (Å²) in [7, 11) is 2.19. The normalized spacial score (nSPS) is 18.0. The average molecular weight is 223 g/mol. The van der Waals surface area contributed by atoms with Crippen LogP contribution in [-0.2, 0) is 6.42 Å². The van der Waals surface area contributed by atoms with Crippen LogP contribution in [0.5, 0.6) is 0 Å². The summed E-state index contributed by atoms with van der Waals surface area (Å²) >= 11 is 0. The molecular weight excluding hydrogens is 198 g/mol. The van der Waals surface area contributed by atoms with Gasteiger partial charge in [0.25, 0.3) is 0 Å². The van der Waals surface area contributed by atoms with Crippen molar-refractivity contribution in [1.82, 2.24) is 14.7 Å². The molecular formula is C13H25N3. The highest BCUT2D eigenvalue weighted by Crippen LogP contribution is 2.20. The van der Waals surface area contributed by atoms with E-state index in [0.717, 1.165) is 6.42 Å². The number of aromatic nitrogens is 2. The molecule has 0 aliphatic carbocycles. The minimum Gasteiger partial charge on any atom is -0.306 e. The lowest BCUT2D eigenvalue weighted by Crippen LogP contribution is -2.31. The van der Waals surface area contributed by atoms with Crippen molar-refractivity contribution in [2.75, 3.05) is 20.1 Å². The van der Waals surface area contributed by atoms with E-state index in [2.05, 4.69) is 40.9 Å². The number of piperidine rings is 1. The van der Waals surface area contributed by atoms with Crippen molar-refractivity contribution in [2.45, 2.75) is 46.1 Å². The summed E-state index contributed by atoms with van der Waals surface area (Å²) in [6, 6.07) is 2.77. The van der Waals surface area contributed by atoms with Gasteiger partial charge in [0.2, 0.25) is 0 Å². The molecule has 3 heteroatoms. The Labute approximate surface area is 99.4 Å².